The second-order valence-electron chi connectivity index (χ2n) is 6.97. The number of esters is 1. The smallest absolute Gasteiger partial charge is 0.331 e. The van der Waals surface area contributed by atoms with E-state index in [4.69, 9.17) is 9.47 Å². The number of amidine groups is 1. The molecule has 1 heterocycles. The molecule has 2 aromatic rings. The van der Waals surface area contributed by atoms with Gasteiger partial charge in [-0.1, -0.05) is 17.7 Å². The van der Waals surface area contributed by atoms with E-state index in [2.05, 4.69) is 41.5 Å². The number of methoxy groups -OCH3 is 2. The zero-order chi connectivity index (χ0) is 25.4. The third kappa shape index (κ3) is 7.42. The molecule has 0 radical (unpaired) electrons. The summed E-state index contributed by atoms with van der Waals surface area (Å²) in [4.78, 5) is 35.6. The molecular formula is C23H21BrN4O6S. The predicted molar refractivity (Wildman–Crippen MR) is 137 cm³/mol. The molecule has 182 valence electrons. The Morgan fingerprint density at radius 1 is 1.17 bits per heavy atom. The van der Waals surface area contributed by atoms with E-state index in [9.17, 15) is 14.4 Å². The SMILES string of the molecule is COC(=O)/C=C1/S/C(=N\N=Cc2cc(OC)c(OCC(=O)Nc3ccc(C)cc3)cc2Br)NC1=O. The molecule has 2 amide bonds. The van der Waals surface area contributed by atoms with E-state index in [0.29, 0.717) is 27.2 Å². The number of hydrogen-bond acceptors (Lipinski definition) is 9. The highest BCUT2D eigenvalue weighted by atomic mass is 79.9. The first-order chi connectivity index (χ1) is 16.8. The zero-order valence-corrected chi connectivity index (χ0v) is 21.4. The van der Waals surface area contributed by atoms with Gasteiger partial charge in [-0.15, -0.1) is 5.10 Å². The Bertz CT molecular complexity index is 1230. The summed E-state index contributed by atoms with van der Waals surface area (Å²) in [7, 11) is 2.70. The van der Waals surface area contributed by atoms with Gasteiger partial charge in [0.1, 0.15) is 0 Å². The van der Waals surface area contributed by atoms with Crippen LogP contribution in [0.2, 0.25) is 0 Å². The van der Waals surface area contributed by atoms with Gasteiger partial charge in [-0.3, -0.25) is 14.9 Å². The second-order valence-corrected chi connectivity index (χ2v) is 8.85. The van der Waals surface area contributed by atoms with Crippen molar-refractivity contribution in [2.45, 2.75) is 6.92 Å². The Kier molecular flexibility index (Phi) is 9.04. The van der Waals surface area contributed by atoms with Crippen LogP contribution in [0.25, 0.3) is 0 Å². The number of aryl methyl sites for hydroxylation is 1. The monoisotopic (exact) mass is 560 g/mol. The van der Waals surface area contributed by atoms with Crippen molar-refractivity contribution in [1.29, 1.82) is 0 Å². The Morgan fingerprint density at radius 2 is 1.91 bits per heavy atom. The quantitative estimate of drug-likeness (QED) is 0.219. The number of benzene rings is 2. The minimum Gasteiger partial charge on any atom is -0.493 e. The Hall–Kier alpha value is -3.64. The van der Waals surface area contributed by atoms with Gasteiger partial charge in [0.25, 0.3) is 11.8 Å². The molecule has 1 aliphatic rings. The number of halogens is 1. The first-order valence-corrected chi connectivity index (χ1v) is 11.7. The van der Waals surface area contributed by atoms with Gasteiger partial charge < -0.3 is 19.5 Å². The van der Waals surface area contributed by atoms with Crippen LogP contribution in [0.3, 0.4) is 0 Å². The van der Waals surface area contributed by atoms with Crippen molar-refractivity contribution in [3.8, 4) is 11.5 Å². The number of amides is 2. The number of ether oxygens (including phenoxy) is 3. The number of nitrogens with one attached hydrogen (secondary N) is 2. The van der Waals surface area contributed by atoms with Crippen molar-refractivity contribution in [2.75, 3.05) is 26.1 Å². The number of anilines is 1. The third-order valence-corrected chi connectivity index (χ3v) is 6.01. The highest BCUT2D eigenvalue weighted by Gasteiger charge is 2.25. The van der Waals surface area contributed by atoms with Crippen LogP contribution in [0.5, 0.6) is 11.5 Å². The molecule has 0 atom stereocenters. The average molecular weight is 561 g/mol. The molecule has 3 rings (SSSR count). The van der Waals surface area contributed by atoms with Crippen molar-refractivity contribution in [2.24, 2.45) is 10.2 Å². The Balaban J connectivity index is 1.64. The number of carbonyl (C=O) groups excluding carboxylic acids is 3. The fourth-order valence-electron chi connectivity index (χ4n) is 2.68. The molecule has 0 aromatic heterocycles. The highest BCUT2D eigenvalue weighted by Crippen LogP contribution is 2.33. The maximum Gasteiger partial charge on any atom is 0.331 e. The summed E-state index contributed by atoms with van der Waals surface area (Å²) in [6.45, 7) is 1.75. The van der Waals surface area contributed by atoms with Gasteiger partial charge in [-0.25, -0.2) is 4.79 Å². The molecule has 0 unspecified atom stereocenters. The number of carbonyl (C=O) groups is 3. The summed E-state index contributed by atoms with van der Waals surface area (Å²) in [5.74, 6) is -0.677. The lowest BCUT2D eigenvalue weighted by Gasteiger charge is -2.12. The van der Waals surface area contributed by atoms with Crippen LogP contribution in [0.15, 0.2) is 62.1 Å². The molecule has 2 N–H and O–H groups in total. The van der Waals surface area contributed by atoms with Crippen LogP contribution in [0, 0.1) is 6.92 Å². The molecule has 10 nitrogen and oxygen atoms in total. The maximum absolute atomic E-state index is 12.2. The lowest BCUT2D eigenvalue weighted by Crippen LogP contribution is -2.20. The van der Waals surface area contributed by atoms with Crippen LogP contribution >= 0.6 is 27.7 Å². The average Bonchev–Trinajstić information content (AvgIpc) is 3.18. The molecule has 0 bridgehead atoms. The van der Waals surface area contributed by atoms with Gasteiger partial charge in [0, 0.05) is 21.8 Å². The van der Waals surface area contributed by atoms with E-state index in [0.717, 1.165) is 23.4 Å². The predicted octanol–water partition coefficient (Wildman–Crippen LogP) is 3.39. The van der Waals surface area contributed by atoms with Gasteiger partial charge in [0.2, 0.25) is 0 Å². The first kappa shape index (κ1) is 26.0. The van der Waals surface area contributed by atoms with Gasteiger partial charge in [-0.2, -0.15) is 5.10 Å². The van der Waals surface area contributed by atoms with Crippen molar-refractivity contribution < 1.29 is 28.6 Å². The van der Waals surface area contributed by atoms with Crippen LogP contribution in [-0.2, 0) is 19.1 Å². The summed E-state index contributed by atoms with van der Waals surface area (Å²) in [5, 5.41) is 13.4. The summed E-state index contributed by atoms with van der Waals surface area (Å²) in [6, 6.07) is 10.7. The summed E-state index contributed by atoms with van der Waals surface area (Å²) < 4.78 is 16.1. The van der Waals surface area contributed by atoms with Crippen LogP contribution in [0.1, 0.15) is 11.1 Å². The summed E-state index contributed by atoms with van der Waals surface area (Å²) >= 11 is 4.40. The van der Waals surface area contributed by atoms with Crippen LogP contribution < -0.4 is 20.1 Å². The summed E-state index contributed by atoms with van der Waals surface area (Å²) in [6.07, 6.45) is 2.52. The minimum atomic E-state index is -0.640. The number of hydrogen-bond donors (Lipinski definition) is 2. The van der Waals surface area contributed by atoms with Crippen molar-refractivity contribution in [1.82, 2.24) is 5.32 Å². The normalized spacial score (nSPS) is 15.4. The molecule has 2 aromatic carbocycles. The lowest BCUT2D eigenvalue weighted by atomic mass is 10.2. The van der Waals surface area contributed by atoms with E-state index < -0.39 is 11.9 Å². The largest absolute Gasteiger partial charge is 0.493 e. The van der Waals surface area contributed by atoms with Crippen molar-refractivity contribution >= 4 is 62.5 Å². The van der Waals surface area contributed by atoms with Gasteiger partial charge in [0.15, 0.2) is 23.3 Å². The van der Waals surface area contributed by atoms with Crippen LogP contribution in [0.4, 0.5) is 5.69 Å². The molecule has 35 heavy (non-hydrogen) atoms. The van der Waals surface area contributed by atoms with E-state index in [-0.39, 0.29) is 22.6 Å². The summed E-state index contributed by atoms with van der Waals surface area (Å²) in [5.41, 5.74) is 2.38. The topological polar surface area (TPSA) is 128 Å². The molecular weight excluding hydrogens is 540 g/mol. The molecule has 12 heteroatoms. The second kappa shape index (κ2) is 12.2. The molecule has 1 fully saturated rings. The molecule has 0 aliphatic carbocycles. The maximum atomic E-state index is 12.2. The van der Waals surface area contributed by atoms with Crippen molar-refractivity contribution in [3.63, 3.8) is 0 Å². The Morgan fingerprint density at radius 3 is 2.60 bits per heavy atom. The molecule has 0 spiro atoms. The number of nitrogens with zero attached hydrogens (tertiary/aromatic N) is 2. The van der Waals surface area contributed by atoms with E-state index >= 15 is 0 Å². The Labute approximate surface area is 213 Å². The molecule has 1 aliphatic heterocycles. The fraction of sp³-hybridized carbons (Fsp3) is 0.174. The van der Waals surface area contributed by atoms with Gasteiger partial charge in [-0.05, 0) is 58.9 Å². The van der Waals surface area contributed by atoms with Crippen LogP contribution in [-0.4, -0.2) is 50.0 Å². The molecule has 0 saturated carbocycles. The van der Waals surface area contributed by atoms with E-state index in [1.54, 1.807) is 12.1 Å². The van der Waals surface area contributed by atoms with Gasteiger partial charge >= 0.3 is 5.97 Å². The van der Waals surface area contributed by atoms with Crippen molar-refractivity contribution in [3.05, 3.63) is 63.0 Å². The molecule has 1 saturated heterocycles. The number of thioether (sulfide) groups is 1. The zero-order valence-electron chi connectivity index (χ0n) is 19.0. The fourth-order valence-corrected chi connectivity index (χ4v) is 3.85. The number of rotatable bonds is 8. The minimum absolute atomic E-state index is 0.154. The standard InChI is InChI=1S/C23H21BrN4O6S/c1-13-4-6-15(7-5-13)26-20(29)12-34-18-9-16(24)14(8-17(18)32-2)11-25-28-23-27-22(31)19(35-23)10-21(30)33-3/h4-11H,12H2,1-3H3,(H,26,29)(H,27,28,31)/b19-10+,25-11?. The van der Waals surface area contributed by atoms with E-state index in [1.807, 2.05) is 31.2 Å². The first-order valence-electron chi connectivity index (χ1n) is 10.1. The van der Waals surface area contributed by atoms with Gasteiger partial charge in [0.05, 0.1) is 25.3 Å². The highest BCUT2D eigenvalue weighted by molar-refractivity contribution is 9.10. The van der Waals surface area contributed by atoms with E-state index in [1.165, 1.54) is 20.4 Å². The third-order valence-electron chi connectivity index (χ3n) is 4.42. The lowest BCUT2D eigenvalue weighted by molar-refractivity contribution is -0.135.